The zero-order valence-electron chi connectivity index (χ0n) is 15.0. The van der Waals surface area contributed by atoms with Gasteiger partial charge < -0.3 is 4.43 Å². The number of hydrogen-bond donors (Lipinski definition) is 0. The van der Waals surface area contributed by atoms with Gasteiger partial charge in [-0.05, 0) is 76.2 Å². The molecule has 0 fully saturated rings. The van der Waals surface area contributed by atoms with Crippen LogP contribution in [0.1, 0.15) is 40.0 Å². The number of rotatable bonds is 4. The van der Waals surface area contributed by atoms with Crippen molar-refractivity contribution in [3.63, 3.8) is 0 Å². The largest absolute Gasteiger partial charge is 0.547 e. The fraction of sp³-hybridized carbons (Fsp3) is 0.632. The smallest absolute Gasteiger partial charge is 0.241 e. The van der Waals surface area contributed by atoms with Gasteiger partial charge in [-0.3, -0.25) is 4.79 Å². The van der Waals surface area contributed by atoms with E-state index in [1.54, 1.807) is 0 Å². The van der Waals surface area contributed by atoms with Crippen molar-refractivity contribution in [1.82, 2.24) is 0 Å². The average Bonchev–Trinajstić information content (AvgIpc) is 2.72. The lowest BCUT2D eigenvalue weighted by Crippen LogP contribution is -2.34. The summed E-state index contributed by atoms with van der Waals surface area (Å²) in [6, 6.07) is 0. The molecule has 0 aromatic heterocycles. The van der Waals surface area contributed by atoms with Crippen LogP contribution in [0.15, 0.2) is 35.1 Å². The summed E-state index contributed by atoms with van der Waals surface area (Å²) in [5, 5.41) is 0. The molecule has 0 unspecified atom stereocenters. The molecule has 0 N–H and O–H groups in total. The molecule has 0 aromatic rings. The fourth-order valence-electron chi connectivity index (χ4n) is 3.82. The summed E-state index contributed by atoms with van der Waals surface area (Å²) in [6.07, 6.45) is 5.06. The van der Waals surface area contributed by atoms with Gasteiger partial charge in [-0.2, -0.15) is 0 Å². The molecule has 3 atom stereocenters. The molecule has 22 heavy (non-hydrogen) atoms. The van der Waals surface area contributed by atoms with Gasteiger partial charge in [0.1, 0.15) is 0 Å². The van der Waals surface area contributed by atoms with Crippen LogP contribution >= 0.6 is 0 Å². The normalized spacial score (nSPS) is 29.6. The fourth-order valence-corrected chi connectivity index (χ4v) is 4.83. The van der Waals surface area contributed by atoms with Gasteiger partial charge in [0.15, 0.2) is 5.78 Å². The third kappa shape index (κ3) is 3.45. The number of Topliss-reactive ketones (excluding diaryl/α,β-unsaturated/α-hetero) is 1. The number of ketones is 1. The van der Waals surface area contributed by atoms with E-state index in [0.717, 1.165) is 36.2 Å². The second-order valence-corrected chi connectivity index (χ2v) is 12.4. The molecule has 0 aromatic carbocycles. The van der Waals surface area contributed by atoms with E-state index in [9.17, 15) is 4.79 Å². The molecule has 2 rings (SSSR count). The molecule has 0 bridgehead atoms. The molecule has 122 valence electrons. The monoisotopic (exact) mass is 318 g/mol. The lowest BCUT2D eigenvalue weighted by atomic mass is 9.68. The first-order valence-corrected chi connectivity index (χ1v) is 11.8. The van der Waals surface area contributed by atoms with Gasteiger partial charge in [0, 0.05) is 12.3 Å². The highest BCUT2D eigenvalue weighted by Crippen LogP contribution is 2.46. The summed E-state index contributed by atoms with van der Waals surface area (Å²) in [5.41, 5.74) is 3.37. The van der Waals surface area contributed by atoms with Crippen LogP contribution in [0.25, 0.3) is 0 Å². The third-order valence-electron chi connectivity index (χ3n) is 4.98. The van der Waals surface area contributed by atoms with Crippen molar-refractivity contribution in [2.75, 3.05) is 0 Å². The summed E-state index contributed by atoms with van der Waals surface area (Å²) in [6.45, 7) is 17.0. The second kappa shape index (κ2) is 6.19. The van der Waals surface area contributed by atoms with Gasteiger partial charge in [0.2, 0.25) is 8.32 Å². The molecular formula is C19H30O2Si. The minimum atomic E-state index is -1.58. The Morgan fingerprint density at radius 1 is 1.32 bits per heavy atom. The Bertz CT molecular complexity index is 548. The van der Waals surface area contributed by atoms with E-state index in [4.69, 9.17) is 4.43 Å². The maximum atomic E-state index is 12.8. The maximum absolute atomic E-state index is 12.8. The second-order valence-electron chi connectivity index (χ2n) is 7.93. The van der Waals surface area contributed by atoms with Crippen molar-refractivity contribution in [3.05, 3.63) is 35.1 Å². The van der Waals surface area contributed by atoms with Crippen molar-refractivity contribution in [2.45, 2.75) is 59.7 Å². The maximum Gasteiger partial charge on any atom is 0.241 e. The Balaban J connectivity index is 2.31. The zero-order chi connectivity index (χ0) is 16.7. The molecule has 0 heterocycles. The lowest BCUT2D eigenvalue weighted by Gasteiger charge is -2.34. The highest BCUT2D eigenvalue weighted by molar-refractivity contribution is 6.70. The molecule has 0 spiro atoms. The van der Waals surface area contributed by atoms with Crippen LogP contribution in [0.4, 0.5) is 0 Å². The van der Waals surface area contributed by atoms with Crippen molar-refractivity contribution in [1.29, 1.82) is 0 Å². The van der Waals surface area contributed by atoms with Crippen molar-refractivity contribution < 1.29 is 9.22 Å². The first-order chi connectivity index (χ1) is 10.1. The van der Waals surface area contributed by atoms with Crippen LogP contribution in [0.2, 0.25) is 19.6 Å². The molecule has 2 nitrogen and oxygen atoms in total. The van der Waals surface area contributed by atoms with Gasteiger partial charge in [0.05, 0.1) is 5.76 Å². The number of carbonyl (C=O) groups excluding carboxylic acids is 1. The van der Waals surface area contributed by atoms with E-state index < -0.39 is 8.32 Å². The average molecular weight is 319 g/mol. The minimum absolute atomic E-state index is 0.0604. The van der Waals surface area contributed by atoms with Gasteiger partial charge in [-0.15, -0.1) is 0 Å². The predicted molar refractivity (Wildman–Crippen MR) is 95.0 cm³/mol. The van der Waals surface area contributed by atoms with E-state index in [2.05, 4.69) is 46.1 Å². The quantitative estimate of drug-likeness (QED) is 0.523. The molecule has 2 aliphatic rings. The number of carbonyl (C=O) groups is 1. The molecule has 0 radical (unpaired) electrons. The van der Waals surface area contributed by atoms with E-state index in [0.29, 0.717) is 11.7 Å². The first kappa shape index (κ1) is 17.3. The minimum Gasteiger partial charge on any atom is -0.547 e. The topological polar surface area (TPSA) is 26.3 Å². The molecule has 3 heteroatoms. The summed E-state index contributed by atoms with van der Waals surface area (Å²) in [4.78, 5) is 12.8. The van der Waals surface area contributed by atoms with E-state index in [1.165, 1.54) is 5.57 Å². The van der Waals surface area contributed by atoms with Gasteiger partial charge >= 0.3 is 0 Å². The van der Waals surface area contributed by atoms with E-state index >= 15 is 0 Å². The van der Waals surface area contributed by atoms with Crippen LogP contribution in [0, 0.1) is 17.8 Å². The summed E-state index contributed by atoms with van der Waals surface area (Å²) in [5.74, 6) is 2.14. The van der Waals surface area contributed by atoms with Crippen LogP contribution in [-0.2, 0) is 9.22 Å². The van der Waals surface area contributed by atoms with Crippen LogP contribution in [0.5, 0.6) is 0 Å². The summed E-state index contributed by atoms with van der Waals surface area (Å²) in [7, 11) is -1.58. The van der Waals surface area contributed by atoms with Crippen LogP contribution < -0.4 is 0 Å². The van der Waals surface area contributed by atoms with Gasteiger partial charge in [-0.1, -0.05) is 18.2 Å². The number of allylic oxidation sites excluding steroid dienone is 5. The third-order valence-corrected chi connectivity index (χ3v) is 5.84. The van der Waals surface area contributed by atoms with Gasteiger partial charge in [-0.25, -0.2) is 0 Å². The molecule has 2 aliphatic carbocycles. The first-order valence-electron chi connectivity index (χ1n) is 8.37. The number of hydrogen-bond acceptors (Lipinski definition) is 2. The summed E-state index contributed by atoms with van der Waals surface area (Å²) >= 11 is 0. The Kier molecular flexibility index (Phi) is 4.86. The van der Waals surface area contributed by atoms with Crippen LogP contribution in [-0.4, -0.2) is 14.1 Å². The molecular weight excluding hydrogens is 288 g/mol. The highest BCUT2D eigenvalue weighted by Gasteiger charge is 2.42. The molecule has 0 amide bonds. The Hall–Kier alpha value is -1.09. The summed E-state index contributed by atoms with van der Waals surface area (Å²) < 4.78 is 6.26. The van der Waals surface area contributed by atoms with Crippen LogP contribution in [0.3, 0.4) is 0 Å². The molecule has 0 saturated heterocycles. The molecule has 0 saturated carbocycles. The van der Waals surface area contributed by atoms with E-state index in [-0.39, 0.29) is 11.8 Å². The predicted octanol–water partition coefficient (Wildman–Crippen LogP) is 5.25. The SMILES string of the molecule is C=C(C)[C@H]1CC=C(C)C(=O)[C@H]1[C@@H]1CCC(O[Si](C)(C)C)=C1C. The highest BCUT2D eigenvalue weighted by atomic mass is 28.4. The van der Waals surface area contributed by atoms with Crippen molar-refractivity contribution in [3.8, 4) is 0 Å². The van der Waals surface area contributed by atoms with Crippen molar-refractivity contribution >= 4 is 14.1 Å². The van der Waals surface area contributed by atoms with Gasteiger partial charge in [0.25, 0.3) is 0 Å². The Morgan fingerprint density at radius 3 is 2.50 bits per heavy atom. The lowest BCUT2D eigenvalue weighted by molar-refractivity contribution is -0.122. The standard InChI is InChI=1S/C19H30O2Si/c1-12(2)15-9-8-13(3)19(20)18(15)16-10-11-17(14(16)4)21-22(5,6)7/h8,15-16,18H,1,9-11H2,2-7H3/t15-,16-,18-/m1/s1. The van der Waals surface area contributed by atoms with E-state index in [1.807, 2.05) is 6.92 Å². The molecule has 0 aliphatic heterocycles. The zero-order valence-corrected chi connectivity index (χ0v) is 16.0. The Labute approximate surface area is 136 Å². The Morgan fingerprint density at radius 2 is 1.95 bits per heavy atom. The van der Waals surface area contributed by atoms with Crippen molar-refractivity contribution in [2.24, 2.45) is 17.8 Å².